The molecule has 0 atom stereocenters. The van der Waals surface area contributed by atoms with Gasteiger partial charge in [-0.2, -0.15) is 0 Å². The van der Waals surface area contributed by atoms with E-state index in [2.05, 4.69) is 14.9 Å². The molecule has 1 saturated heterocycles. The smallest absolute Gasteiger partial charge is 0.180 e. The van der Waals surface area contributed by atoms with Crippen molar-refractivity contribution in [2.24, 2.45) is 5.92 Å². The van der Waals surface area contributed by atoms with Crippen LogP contribution in [0.4, 0.5) is 10.2 Å². The SMILES string of the molecule is COc1c(F)ccc2c(N3CCC(CCP(O)O)CC3)ncnc12. The summed E-state index contributed by atoms with van der Waals surface area (Å²) in [5.74, 6) is 1.01. The van der Waals surface area contributed by atoms with E-state index >= 15 is 0 Å². The van der Waals surface area contributed by atoms with Crippen LogP contribution in [0.15, 0.2) is 18.5 Å². The van der Waals surface area contributed by atoms with Crippen LogP contribution in [0.5, 0.6) is 5.75 Å². The number of aromatic nitrogens is 2. The van der Waals surface area contributed by atoms with E-state index in [9.17, 15) is 4.39 Å². The van der Waals surface area contributed by atoms with Crippen molar-refractivity contribution in [1.82, 2.24) is 9.97 Å². The van der Waals surface area contributed by atoms with Crippen molar-refractivity contribution >= 4 is 25.1 Å². The Kier molecular flexibility index (Phi) is 5.43. The van der Waals surface area contributed by atoms with Crippen LogP contribution in [-0.4, -0.2) is 46.1 Å². The maximum atomic E-state index is 13.9. The summed E-state index contributed by atoms with van der Waals surface area (Å²) >= 11 is 0. The van der Waals surface area contributed by atoms with Crippen molar-refractivity contribution in [2.45, 2.75) is 19.3 Å². The zero-order valence-corrected chi connectivity index (χ0v) is 14.4. The molecule has 0 radical (unpaired) electrons. The molecule has 3 rings (SSSR count). The molecule has 1 fully saturated rings. The molecule has 0 aliphatic carbocycles. The van der Waals surface area contributed by atoms with E-state index in [0.29, 0.717) is 17.6 Å². The van der Waals surface area contributed by atoms with Crippen molar-refractivity contribution in [3.63, 3.8) is 0 Å². The second-order valence-corrected chi connectivity index (χ2v) is 7.18. The molecule has 6 nitrogen and oxygen atoms in total. The normalized spacial score (nSPS) is 16.1. The van der Waals surface area contributed by atoms with Gasteiger partial charge in [-0.25, -0.2) is 14.4 Å². The lowest BCUT2D eigenvalue weighted by molar-refractivity contribution is 0.386. The third-order valence-corrected chi connectivity index (χ3v) is 5.20. The van der Waals surface area contributed by atoms with Gasteiger partial charge in [-0.1, -0.05) is 0 Å². The molecule has 24 heavy (non-hydrogen) atoms. The van der Waals surface area contributed by atoms with E-state index in [0.717, 1.165) is 43.6 Å². The van der Waals surface area contributed by atoms with Gasteiger partial charge in [0.05, 0.1) is 7.11 Å². The van der Waals surface area contributed by atoms with Crippen molar-refractivity contribution in [2.75, 3.05) is 31.3 Å². The predicted octanol–water partition coefficient (Wildman–Crippen LogP) is 2.68. The minimum atomic E-state index is -1.80. The Morgan fingerprint density at radius 3 is 2.71 bits per heavy atom. The van der Waals surface area contributed by atoms with Crippen LogP contribution in [0, 0.1) is 11.7 Å². The molecule has 0 saturated carbocycles. The highest BCUT2D eigenvalue weighted by Gasteiger charge is 2.23. The summed E-state index contributed by atoms with van der Waals surface area (Å²) in [6.45, 7) is 1.68. The van der Waals surface area contributed by atoms with Crippen LogP contribution in [0.1, 0.15) is 19.3 Å². The lowest BCUT2D eigenvalue weighted by Gasteiger charge is -2.33. The number of hydrogen-bond acceptors (Lipinski definition) is 6. The lowest BCUT2D eigenvalue weighted by Crippen LogP contribution is -2.34. The number of piperidine rings is 1. The third kappa shape index (κ3) is 3.58. The molecule has 0 bridgehead atoms. The molecule has 2 heterocycles. The molecule has 2 N–H and O–H groups in total. The van der Waals surface area contributed by atoms with E-state index in [-0.39, 0.29) is 5.75 Å². The first-order valence-electron chi connectivity index (χ1n) is 7.97. The number of benzene rings is 1. The van der Waals surface area contributed by atoms with Crippen LogP contribution >= 0.6 is 8.38 Å². The molecule has 130 valence electrons. The summed E-state index contributed by atoms with van der Waals surface area (Å²) in [6, 6.07) is 3.07. The summed E-state index contributed by atoms with van der Waals surface area (Å²) in [6.07, 6.45) is 4.72. The molecule has 8 heteroatoms. The summed E-state index contributed by atoms with van der Waals surface area (Å²) in [5.41, 5.74) is 0.482. The van der Waals surface area contributed by atoms with E-state index in [4.69, 9.17) is 14.5 Å². The van der Waals surface area contributed by atoms with Gasteiger partial charge in [0.15, 0.2) is 19.9 Å². The summed E-state index contributed by atoms with van der Waals surface area (Å²) in [5, 5.41) is 0.781. The monoisotopic (exact) mass is 353 g/mol. The number of methoxy groups -OCH3 is 1. The summed E-state index contributed by atoms with van der Waals surface area (Å²) < 4.78 is 19.0. The van der Waals surface area contributed by atoms with E-state index < -0.39 is 14.2 Å². The number of fused-ring (bicyclic) bond motifs is 1. The number of anilines is 1. The molecular weight excluding hydrogens is 332 g/mol. The van der Waals surface area contributed by atoms with Gasteiger partial charge in [0.25, 0.3) is 0 Å². The van der Waals surface area contributed by atoms with Crippen LogP contribution in [0.3, 0.4) is 0 Å². The number of rotatable bonds is 5. The Morgan fingerprint density at radius 1 is 1.29 bits per heavy atom. The average Bonchev–Trinajstić information content (AvgIpc) is 2.60. The first-order chi connectivity index (χ1) is 11.6. The average molecular weight is 353 g/mol. The van der Waals surface area contributed by atoms with Gasteiger partial charge in [-0.3, -0.25) is 0 Å². The van der Waals surface area contributed by atoms with E-state index in [1.165, 1.54) is 19.5 Å². The van der Waals surface area contributed by atoms with Crippen molar-refractivity contribution in [3.8, 4) is 5.75 Å². The highest BCUT2D eigenvalue weighted by atomic mass is 31.2. The van der Waals surface area contributed by atoms with Gasteiger partial charge in [-0.05, 0) is 37.3 Å². The maximum Gasteiger partial charge on any atom is 0.180 e. The zero-order chi connectivity index (χ0) is 17.1. The summed E-state index contributed by atoms with van der Waals surface area (Å²) in [7, 11) is -0.363. The molecule has 1 aromatic carbocycles. The van der Waals surface area contributed by atoms with E-state index in [1.54, 1.807) is 6.07 Å². The summed E-state index contributed by atoms with van der Waals surface area (Å²) in [4.78, 5) is 28.9. The van der Waals surface area contributed by atoms with Gasteiger partial charge in [0.2, 0.25) is 0 Å². The number of halogens is 1. The van der Waals surface area contributed by atoms with Gasteiger partial charge >= 0.3 is 0 Å². The van der Waals surface area contributed by atoms with Crippen molar-refractivity contribution in [3.05, 3.63) is 24.3 Å². The fourth-order valence-corrected chi connectivity index (χ4v) is 3.84. The van der Waals surface area contributed by atoms with E-state index in [1.807, 2.05) is 0 Å². The number of nitrogens with zero attached hydrogens (tertiary/aromatic N) is 3. The van der Waals surface area contributed by atoms with Gasteiger partial charge in [0.1, 0.15) is 17.7 Å². The Morgan fingerprint density at radius 2 is 2.04 bits per heavy atom. The molecule has 1 aromatic heterocycles. The molecule has 0 spiro atoms. The van der Waals surface area contributed by atoms with Crippen LogP contribution in [-0.2, 0) is 0 Å². The highest BCUT2D eigenvalue weighted by molar-refractivity contribution is 7.45. The van der Waals surface area contributed by atoms with Gasteiger partial charge < -0.3 is 19.4 Å². The van der Waals surface area contributed by atoms with Crippen molar-refractivity contribution < 1.29 is 18.9 Å². The molecule has 1 aliphatic heterocycles. The molecule has 1 aliphatic rings. The Bertz CT molecular complexity index is 708. The fraction of sp³-hybridized carbons (Fsp3) is 0.500. The fourth-order valence-electron chi connectivity index (χ4n) is 3.24. The maximum absolute atomic E-state index is 13.9. The Hall–Kier alpha value is -1.56. The molecular formula is C16H21FN3O3P. The highest BCUT2D eigenvalue weighted by Crippen LogP contribution is 2.34. The Balaban J connectivity index is 1.79. The Labute approximate surface area is 141 Å². The second kappa shape index (κ2) is 7.55. The number of hydrogen-bond donors (Lipinski definition) is 2. The standard InChI is InChI=1S/C16H21FN3O3P/c1-23-15-13(17)3-2-12-14(15)18-10-19-16(12)20-7-4-11(5-8-20)6-9-24(21)22/h2-3,10-11,21-22H,4-9H2,1H3. The quantitative estimate of drug-likeness (QED) is 0.805. The first-order valence-corrected chi connectivity index (χ1v) is 9.41. The zero-order valence-electron chi connectivity index (χ0n) is 13.5. The molecule has 0 unspecified atom stereocenters. The minimum absolute atomic E-state index is 0.144. The van der Waals surface area contributed by atoms with Gasteiger partial charge in [-0.15, -0.1) is 0 Å². The van der Waals surface area contributed by atoms with Gasteiger partial charge in [0, 0.05) is 24.6 Å². The first kappa shape index (κ1) is 17.3. The van der Waals surface area contributed by atoms with Crippen LogP contribution in [0.25, 0.3) is 10.9 Å². The van der Waals surface area contributed by atoms with Crippen LogP contribution < -0.4 is 9.64 Å². The molecule has 0 amide bonds. The second-order valence-electron chi connectivity index (χ2n) is 5.99. The van der Waals surface area contributed by atoms with Crippen molar-refractivity contribution in [1.29, 1.82) is 0 Å². The molecule has 2 aromatic rings. The van der Waals surface area contributed by atoms with Crippen LogP contribution in [0.2, 0.25) is 0 Å². The lowest BCUT2D eigenvalue weighted by atomic mass is 9.94. The predicted molar refractivity (Wildman–Crippen MR) is 91.8 cm³/mol. The topological polar surface area (TPSA) is 78.7 Å². The third-order valence-electron chi connectivity index (χ3n) is 4.55. The number of ether oxygens (including phenoxy) is 1. The largest absolute Gasteiger partial charge is 0.491 e. The minimum Gasteiger partial charge on any atom is -0.491 e.